The minimum Gasteiger partial charge on any atom is -0.493 e. The van der Waals surface area contributed by atoms with E-state index in [0.29, 0.717) is 6.54 Å². The maximum atomic E-state index is 5.30. The lowest BCUT2D eigenvalue weighted by Crippen LogP contribution is -2.18. The number of nitrogens with zero attached hydrogens (tertiary/aromatic N) is 1. The van der Waals surface area contributed by atoms with Gasteiger partial charge in [-0.05, 0) is 24.6 Å². The van der Waals surface area contributed by atoms with Gasteiger partial charge >= 0.3 is 0 Å². The molecule has 0 aliphatic heterocycles. The lowest BCUT2D eigenvalue weighted by atomic mass is 10.1. The molecule has 0 saturated carbocycles. The highest BCUT2D eigenvalue weighted by molar-refractivity contribution is 5.43. The molecular formula is C14H18N2O3. The van der Waals surface area contributed by atoms with Crippen LogP contribution in [0, 0.1) is 0 Å². The second-order valence-corrected chi connectivity index (χ2v) is 4.21. The molecular weight excluding hydrogens is 244 g/mol. The largest absolute Gasteiger partial charge is 0.493 e. The Kier molecular flexibility index (Phi) is 4.41. The molecule has 0 radical (unpaired) electrons. The highest BCUT2D eigenvalue weighted by Crippen LogP contribution is 2.29. The molecule has 2 rings (SSSR count). The van der Waals surface area contributed by atoms with Crippen molar-refractivity contribution in [2.75, 3.05) is 14.2 Å². The molecule has 1 atom stereocenters. The predicted molar refractivity (Wildman–Crippen MR) is 71.3 cm³/mol. The van der Waals surface area contributed by atoms with Gasteiger partial charge in [-0.15, -0.1) is 0 Å². The number of ether oxygens (including phenoxy) is 2. The second kappa shape index (κ2) is 6.24. The maximum Gasteiger partial charge on any atom is 0.161 e. The van der Waals surface area contributed by atoms with Gasteiger partial charge in [0.25, 0.3) is 0 Å². The molecule has 2 aromatic rings. The van der Waals surface area contributed by atoms with Crippen molar-refractivity contribution in [3.63, 3.8) is 0 Å². The molecule has 1 heterocycles. The highest BCUT2D eigenvalue weighted by Gasteiger charge is 2.10. The second-order valence-electron chi connectivity index (χ2n) is 4.21. The summed E-state index contributed by atoms with van der Waals surface area (Å²) in [5.74, 6) is 1.46. The molecule has 0 saturated heterocycles. The van der Waals surface area contributed by atoms with E-state index in [0.717, 1.165) is 22.8 Å². The van der Waals surface area contributed by atoms with Crippen molar-refractivity contribution in [3.05, 3.63) is 41.8 Å². The number of hydrogen-bond acceptors (Lipinski definition) is 5. The summed E-state index contributed by atoms with van der Waals surface area (Å²) in [4.78, 5) is 0. The van der Waals surface area contributed by atoms with Crippen LogP contribution < -0.4 is 14.8 Å². The summed E-state index contributed by atoms with van der Waals surface area (Å²) in [5, 5.41) is 7.23. The molecule has 0 amide bonds. The van der Waals surface area contributed by atoms with Crippen LogP contribution in [0.15, 0.2) is 35.1 Å². The third-order valence-electron chi connectivity index (χ3n) is 2.99. The zero-order chi connectivity index (χ0) is 13.7. The summed E-state index contributed by atoms with van der Waals surface area (Å²) < 4.78 is 15.3. The molecule has 1 unspecified atom stereocenters. The van der Waals surface area contributed by atoms with Crippen molar-refractivity contribution in [1.29, 1.82) is 0 Å². The van der Waals surface area contributed by atoms with E-state index < -0.39 is 0 Å². The van der Waals surface area contributed by atoms with E-state index in [1.807, 2.05) is 24.3 Å². The Morgan fingerprint density at radius 1 is 1.21 bits per heavy atom. The Morgan fingerprint density at radius 3 is 2.63 bits per heavy atom. The smallest absolute Gasteiger partial charge is 0.161 e. The fourth-order valence-corrected chi connectivity index (χ4v) is 1.83. The Bertz CT molecular complexity index is 511. The van der Waals surface area contributed by atoms with E-state index in [2.05, 4.69) is 17.4 Å². The van der Waals surface area contributed by atoms with E-state index in [1.54, 1.807) is 20.5 Å². The Balaban J connectivity index is 2.04. The van der Waals surface area contributed by atoms with Gasteiger partial charge in [0.2, 0.25) is 0 Å². The fraction of sp³-hybridized carbons (Fsp3) is 0.357. The molecule has 102 valence electrons. The SMILES string of the molecule is COc1ccc(C(C)NCc2ccon2)cc1OC. The molecule has 5 nitrogen and oxygen atoms in total. The Labute approximate surface area is 112 Å². The number of methoxy groups -OCH3 is 2. The van der Waals surface area contributed by atoms with Crippen LogP contribution in [0.1, 0.15) is 24.2 Å². The van der Waals surface area contributed by atoms with Crippen molar-refractivity contribution in [1.82, 2.24) is 10.5 Å². The quantitative estimate of drug-likeness (QED) is 0.867. The first-order valence-corrected chi connectivity index (χ1v) is 6.09. The third-order valence-corrected chi connectivity index (χ3v) is 2.99. The van der Waals surface area contributed by atoms with Gasteiger partial charge in [0.15, 0.2) is 11.5 Å². The van der Waals surface area contributed by atoms with Crippen molar-refractivity contribution in [2.24, 2.45) is 0 Å². The summed E-state index contributed by atoms with van der Waals surface area (Å²) in [6, 6.07) is 7.91. The molecule has 0 bridgehead atoms. The monoisotopic (exact) mass is 262 g/mol. The maximum absolute atomic E-state index is 5.30. The average Bonchev–Trinajstić information content (AvgIpc) is 2.97. The average molecular weight is 262 g/mol. The zero-order valence-electron chi connectivity index (χ0n) is 11.3. The molecule has 19 heavy (non-hydrogen) atoms. The first-order valence-electron chi connectivity index (χ1n) is 6.09. The van der Waals surface area contributed by atoms with E-state index in [4.69, 9.17) is 14.0 Å². The number of aromatic nitrogens is 1. The van der Waals surface area contributed by atoms with Crippen molar-refractivity contribution < 1.29 is 14.0 Å². The fourth-order valence-electron chi connectivity index (χ4n) is 1.83. The van der Waals surface area contributed by atoms with Gasteiger partial charge in [-0.3, -0.25) is 0 Å². The zero-order valence-corrected chi connectivity index (χ0v) is 11.3. The van der Waals surface area contributed by atoms with Crippen LogP contribution >= 0.6 is 0 Å². The molecule has 0 aliphatic carbocycles. The van der Waals surface area contributed by atoms with Crippen LogP contribution in [-0.4, -0.2) is 19.4 Å². The van der Waals surface area contributed by atoms with E-state index in [9.17, 15) is 0 Å². The topological polar surface area (TPSA) is 56.5 Å². The van der Waals surface area contributed by atoms with Gasteiger partial charge in [-0.2, -0.15) is 0 Å². The van der Waals surface area contributed by atoms with Gasteiger partial charge in [-0.25, -0.2) is 0 Å². The van der Waals surface area contributed by atoms with Gasteiger partial charge in [0.1, 0.15) is 6.26 Å². The highest BCUT2D eigenvalue weighted by atomic mass is 16.5. The summed E-state index contributed by atoms with van der Waals surface area (Å²) in [6.45, 7) is 2.74. The van der Waals surface area contributed by atoms with E-state index in [1.165, 1.54) is 0 Å². The van der Waals surface area contributed by atoms with Crippen LogP contribution in [0.2, 0.25) is 0 Å². The summed E-state index contributed by atoms with van der Waals surface area (Å²) in [5.41, 5.74) is 2.01. The van der Waals surface area contributed by atoms with Gasteiger partial charge in [0.05, 0.1) is 19.9 Å². The minimum absolute atomic E-state index is 0.177. The lowest BCUT2D eigenvalue weighted by molar-refractivity contribution is 0.354. The molecule has 1 aromatic carbocycles. The van der Waals surface area contributed by atoms with Crippen LogP contribution in [0.25, 0.3) is 0 Å². The molecule has 5 heteroatoms. The predicted octanol–water partition coefficient (Wildman–Crippen LogP) is 2.54. The van der Waals surface area contributed by atoms with Crippen LogP contribution in [0.5, 0.6) is 11.5 Å². The van der Waals surface area contributed by atoms with Crippen molar-refractivity contribution >= 4 is 0 Å². The standard InChI is InChI=1S/C14H18N2O3/c1-10(15-9-12-6-7-19-16-12)11-4-5-13(17-2)14(8-11)18-3/h4-8,10,15H,9H2,1-3H3. The molecule has 0 fully saturated rings. The van der Waals surface area contributed by atoms with Crippen molar-refractivity contribution in [3.8, 4) is 11.5 Å². The minimum atomic E-state index is 0.177. The molecule has 0 aliphatic rings. The molecule has 1 N–H and O–H groups in total. The van der Waals surface area contributed by atoms with Gasteiger partial charge < -0.3 is 19.3 Å². The van der Waals surface area contributed by atoms with Crippen molar-refractivity contribution in [2.45, 2.75) is 19.5 Å². The summed E-state index contributed by atoms with van der Waals surface area (Å²) in [6.07, 6.45) is 1.57. The summed E-state index contributed by atoms with van der Waals surface area (Å²) in [7, 11) is 3.26. The molecule has 1 aromatic heterocycles. The Hall–Kier alpha value is -2.01. The van der Waals surface area contributed by atoms with Crippen LogP contribution in [-0.2, 0) is 6.54 Å². The normalized spacial score (nSPS) is 12.2. The van der Waals surface area contributed by atoms with Gasteiger partial charge in [-0.1, -0.05) is 11.2 Å². The Morgan fingerprint density at radius 2 is 2.00 bits per heavy atom. The number of nitrogens with one attached hydrogen (secondary N) is 1. The summed E-state index contributed by atoms with van der Waals surface area (Å²) >= 11 is 0. The van der Waals surface area contributed by atoms with Crippen LogP contribution in [0.3, 0.4) is 0 Å². The number of hydrogen-bond donors (Lipinski definition) is 1. The van der Waals surface area contributed by atoms with E-state index >= 15 is 0 Å². The first-order chi connectivity index (χ1) is 9.24. The lowest BCUT2D eigenvalue weighted by Gasteiger charge is -2.15. The van der Waals surface area contributed by atoms with E-state index in [-0.39, 0.29) is 6.04 Å². The number of rotatable bonds is 6. The molecule has 0 spiro atoms. The van der Waals surface area contributed by atoms with Crippen LogP contribution in [0.4, 0.5) is 0 Å². The number of benzene rings is 1. The first kappa shape index (κ1) is 13.4. The third kappa shape index (κ3) is 3.26. The van der Waals surface area contributed by atoms with Gasteiger partial charge in [0, 0.05) is 18.7 Å².